The van der Waals surface area contributed by atoms with Gasteiger partial charge in [0.25, 0.3) is 0 Å². The summed E-state index contributed by atoms with van der Waals surface area (Å²) in [4.78, 5) is 4.26. The largest absolute Gasteiger partial charge is 0.341 e. The van der Waals surface area contributed by atoms with Crippen molar-refractivity contribution in [3.63, 3.8) is 0 Å². The number of fused-ring (bicyclic) bond motifs is 1. The Bertz CT molecular complexity index is 672. The van der Waals surface area contributed by atoms with Crippen LogP contribution < -0.4 is 11.1 Å². The van der Waals surface area contributed by atoms with Gasteiger partial charge in [0.05, 0.1) is 0 Å². The fourth-order valence-corrected chi connectivity index (χ4v) is 2.01. The van der Waals surface area contributed by atoms with E-state index in [4.69, 9.17) is 5.73 Å². The molecule has 0 saturated carbocycles. The van der Waals surface area contributed by atoms with E-state index in [1.807, 2.05) is 53.1 Å². The average molecular weight is 238 g/mol. The zero-order valence-corrected chi connectivity index (χ0v) is 9.88. The minimum absolute atomic E-state index is 0.517. The van der Waals surface area contributed by atoms with Crippen LogP contribution in [0.5, 0.6) is 0 Å². The van der Waals surface area contributed by atoms with Crippen molar-refractivity contribution in [1.82, 2.24) is 9.38 Å². The third-order valence-electron chi connectivity index (χ3n) is 2.93. The molecule has 18 heavy (non-hydrogen) atoms. The summed E-state index contributed by atoms with van der Waals surface area (Å²) >= 11 is 0. The van der Waals surface area contributed by atoms with Crippen molar-refractivity contribution in [1.29, 1.82) is 0 Å². The number of benzene rings is 1. The Hall–Kier alpha value is -2.33. The first-order chi connectivity index (χ1) is 8.88. The summed E-state index contributed by atoms with van der Waals surface area (Å²) in [7, 11) is 0. The molecule has 0 aliphatic rings. The third-order valence-corrected chi connectivity index (χ3v) is 2.93. The minimum atomic E-state index is 0.517. The minimum Gasteiger partial charge on any atom is -0.341 e. The number of aromatic nitrogens is 2. The summed E-state index contributed by atoms with van der Waals surface area (Å²) in [5.74, 6) is 0.978. The Kier molecular flexibility index (Phi) is 2.70. The molecule has 3 aromatic rings. The van der Waals surface area contributed by atoms with Gasteiger partial charge in [-0.05, 0) is 23.8 Å². The number of hydrogen-bond acceptors (Lipinski definition) is 3. The normalized spacial score (nSPS) is 10.7. The molecule has 4 nitrogen and oxygen atoms in total. The van der Waals surface area contributed by atoms with Gasteiger partial charge in [-0.2, -0.15) is 0 Å². The lowest BCUT2D eigenvalue weighted by Gasteiger charge is -2.12. The van der Waals surface area contributed by atoms with E-state index in [1.54, 1.807) is 6.20 Å². The monoisotopic (exact) mass is 238 g/mol. The average Bonchev–Trinajstić information content (AvgIpc) is 2.89. The van der Waals surface area contributed by atoms with Crippen LogP contribution in [0.1, 0.15) is 5.56 Å². The molecule has 0 amide bonds. The lowest BCUT2D eigenvalue weighted by Crippen LogP contribution is -2.03. The molecule has 0 saturated heterocycles. The van der Waals surface area contributed by atoms with Crippen molar-refractivity contribution in [2.75, 3.05) is 5.32 Å². The highest BCUT2D eigenvalue weighted by Gasteiger charge is 2.03. The summed E-state index contributed by atoms with van der Waals surface area (Å²) in [6.45, 7) is 0.517. The maximum absolute atomic E-state index is 5.74. The van der Waals surface area contributed by atoms with E-state index in [1.165, 1.54) is 0 Å². The first-order valence-corrected chi connectivity index (χ1v) is 5.85. The highest BCUT2D eigenvalue weighted by Crippen LogP contribution is 2.21. The molecule has 3 N–H and O–H groups in total. The maximum atomic E-state index is 5.74. The zero-order valence-electron chi connectivity index (χ0n) is 9.88. The van der Waals surface area contributed by atoms with Crippen LogP contribution in [0.25, 0.3) is 5.65 Å². The number of rotatable bonds is 3. The number of anilines is 2. The number of hydrogen-bond donors (Lipinski definition) is 2. The van der Waals surface area contributed by atoms with Gasteiger partial charge in [0.2, 0.25) is 0 Å². The summed E-state index contributed by atoms with van der Waals surface area (Å²) in [5.41, 5.74) is 8.78. The van der Waals surface area contributed by atoms with Gasteiger partial charge < -0.3 is 11.1 Å². The molecule has 0 bridgehead atoms. The fraction of sp³-hybridized carbons (Fsp3) is 0.0714. The van der Waals surface area contributed by atoms with Crippen molar-refractivity contribution in [2.45, 2.75) is 6.54 Å². The molecule has 0 aliphatic heterocycles. The molecule has 2 heterocycles. The van der Waals surface area contributed by atoms with Crippen molar-refractivity contribution < 1.29 is 0 Å². The SMILES string of the molecule is NCc1ccccc1Nc1cccc2nccn12. The highest BCUT2D eigenvalue weighted by atomic mass is 15.1. The molecule has 0 spiro atoms. The topological polar surface area (TPSA) is 55.3 Å². The smallest absolute Gasteiger partial charge is 0.138 e. The molecular formula is C14H14N4. The van der Waals surface area contributed by atoms with E-state index in [0.717, 1.165) is 22.7 Å². The molecule has 2 aromatic heterocycles. The van der Waals surface area contributed by atoms with E-state index in [9.17, 15) is 0 Å². The lowest BCUT2D eigenvalue weighted by molar-refractivity contribution is 1.07. The molecule has 0 fully saturated rings. The van der Waals surface area contributed by atoms with Crippen molar-refractivity contribution >= 4 is 17.2 Å². The van der Waals surface area contributed by atoms with Gasteiger partial charge in [0.1, 0.15) is 11.5 Å². The van der Waals surface area contributed by atoms with E-state index in [2.05, 4.69) is 10.3 Å². The van der Waals surface area contributed by atoms with Crippen molar-refractivity contribution in [2.24, 2.45) is 5.73 Å². The van der Waals surface area contributed by atoms with Gasteiger partial charge in [0.15, 0.2) is 0 Å². The maximum Gasteiger partial charge on any atom is 0.138 e. The van der Waals surface area contributed by atoms with Gasteiger partial charge in [-0.15, -0.1) is 0 Å². The zero-order chi connectivity index (χ0) is 12.4. The van der Waals surface area contributed by atoms with Crippen LogP contribution in [0.4, 0.5) is 11.5 Å². The molecule has 0 radical (unpaired) electrons. The summed E-state index contributed by atoms with van der Waals surface area (Å²) in [6.07, 6.45) is 3.72. The fourth-order valence-electron chi connectivity index (χ4n) is 2.01. The van der Waals surface area contributed by atoms with Crippen LogP contribution in [0.15, 0.2) is 54.9 Å². The van der Waals surface area contributed by atoms with Gasteiger partial charge in [-0.1, -0.05) is 24.3 Å². The van der Waals surface area contributed by atoms with Gasteiger partial charge in [-0.25, -0.2) is 4.98 Å². The predicted octanol–water partition coefficient (Wildman–Crippen LogP) is 2.54. The van der Waals surface area contributed by atoms with E-state index in [0.29, 0.717) is 6.54 Å². The third kappa shape index (κ3) is 1.83. The van der Waals surface area contributed by atoms with E-state index in [-0.39, 0.29) is 0 Å². The Morgan fingerprint density at radius 1 is 1.11 bits per heavy atom. The first kappa shape index (κ1) is 10.8. The highest BCUT2D eigenvalue weighted by molar-refractivity contribution is 5.63. The predicted molar refractivity (Wildman–Crippen MR) is 72.8 cm³/mol. The van der Waals surface area contributed by atoms with Crippen LogP contribution in [-0.2, 0) is 6.54 Å². The Morgan fingerprint density at radius 3 is 2.89 bits per heavy atom. The first-order valence-electron chi connectivity index (χ1n) is 5.85. The quantitative estimate of drug-likeness (QED) is 0.737. The standard InChI is InChI=1S/C14H14N4/c15-10-11-4-1-2-5-12(11)17-14-7-3-6-13-16-8-9-18(13)14/h1-9,17H,10,15H2. The second-order valence-corrected chi connectivity index (χ2v) is 4.05. The molecule has 1 aromatic carbocycles. The van der Waals surface area contributed by atoms with Crippen LogP contribution in [0, 0.1) is 0 Å². The van der Waals surface area contributed by atoms with Gasteiger partial charge >= 0.3 is 0 Å². The molecule has 90 valence electrons. The van der Waals surface area contributed by atoms with Crippen molar-refractivity contribution in [3.05, 3.63) is 60.4 Å². The number of nitrogens with two attached hydrogens (primary N) is 1. The Balaban J connectivity index is 2.04. The number of imidazole rings is 1. The number of nitrogens with one attached hydrogen (secondary N) is 1. The molecule has 0 unspecified atom stereocenters. The summed E-state index contributed by atoms with van der Waals surface area (Å²) < 4.78 is 2.01. The molecule has 4 heteroatoms. The number of para-hydroxylation sites is 1. The van der Waals surface area contributed by atoms with Crippen molar-refractivity contribution in [3.8, 4) is 0 Å². The van der Waals surface area contributed by atoms with Gasteiger partial charge in [0, 0.05) is 24.6 Å². The van der Waals surface area contributed by atoms with E-state index >= 15 is 0 Å². The van der Waals surface area contributed by atoms with E-state index < -0.39 is 0 Å². The Labute approximate surface area is 105 Å². The number of nitrogens with zero attached hydrogens (tertiary/aromatic N) is 2. The second-order valence-electron chi connectivity index (χ2n) is 4.05. The summed E-state index contributed by atoms with van der Waals surface area (Å²) in [6, 6.07) is 14.0. The lowest BCUT2D eigenvalue weighted by atomic mass is 10.2. The second kappa shape index (κ2) is 4.50. The molecular weight excluding hydrogens is 224 g/mol. The van der Waals surface area contributed by atoms with Crippen LogP contribution >= 0.6 is 0 Å². The van der Waals surface area contributed by atoms with Crippen LogP contribution in [-0.4, -0.2) is 9.38 Å². The molecule has 3 rings (SSSR count). The van der Waals surface area contributed by atoms with Crippen LogP contribution in [0.3, 0.4) is 0 Å². The van der Waals surface area contributed by atoms with Gasteiger partial charge in [-0.3, -0.25) is 4.40 Å². The van der Waals surface area contributed by atoms with Crippen LogP contribution in [0.2, 0.25) is 0 Å². The molecule has 0 atom stereocenters. The number of pyridine rings is 1. The summed E-state index contributed by atoms with van der Waals surface area (Å²) in [5, 5.41) is 3.40. The molecule has 0 aliphatic carbocycles. The Morgan fingerprint density at radius 2 is 2.00 bits per heavy atom.